The third kappa shape index (κ3) is 3.71. The number of nitrogens with zero attached hydrogens (tertiary/aromatic N) is 3. The maximum Gasteiger partial charge on any atom is 0.271 e. The van der Waals surface area contributed by atoms with Gasteiger partial charge in [-0.05, 0) is 18.6 Å². The molecule has 3 N–H and O–H groups in total. The molecule has 148 valence electrons. The molecule has 0 spiro atoms. The molecule has 1 unspecified atom stereocenters. The molecule has 10 heteroatoms. The van der Waals surface area contributed by atoms with Crippen LogP contribution in [-0.4, -0.2) is 33.8 Å². The first-order valence-electron chi connectivity index (χ1n) is 8.73. The SMILES string of the molecule is CCCn1cnc(C(N)=O)c1NC(=O)C1CC(=O)N(c2ccc(F)c(F)c2)C1. The lowest BCUT2D eigenvalue weighted by molar-refractivity contribution is -0.122. The van der Waals surface area contributed by atoms with Crippen LogP contribution in [0.15, 0.2) is 24.5 Å². The summed E-state index contributed by atoms with van der Waals surface area (Å²) in [4.78, 5) is 41.7. The van der Waals surface area contributed by atoms with E-state index in [2.05, 4.69) is 10.3 Å². The summed E-state index contributed by atoms with van der Waals surface area (Å²) in [5.41, 5.74) is 5.41. The molecule has 28 heavy (non-hydrogen) atoms. The van der Waals surface area contributed by atoms with Gasteiger partial charge in [-0.2, -0.15) is 0 Å². The van der Waals surface area contributed by atoms with Gasteiger partial charge >= 0.3 is 0 Å². The molecule has 8 nitrogen and oxygen atoms in total. The van der Waals surface area contributed by atoms with Crippen molar-refractivity contribution in [3.63, 3.8) is 0 Å². The first kappa shape index (κ1) is 19.5. The average Bonchev–Trinajstić information content (AvgIpc) is 3.22. The summed E-state index contributed by atoms with van der Waals surface area (Å²) in [5, 5.41) is 2.63. The number of rotatable bonds is 6. The lowest BCUT2D eigenvalue weighted by Gasteiger charge is -2.17. The van der Waals surface area contributed by atoms with Crippen LogP contribution >= 0.6 is 0 Å². The van der Waals surface area contributed by atoms with Crippen molar-refractivity contribution in [1.29, 1.82) is 0 Å². The van der Waals surface area contributed by atoms with E-state index in [0.29, 0.717) is 6.54 Å². The first-order valence-corrected chi connectivity index (χ1v) is 8.73. The highest BCUT2D eigenvalue weighted by Crippen LogP contribution is 2.27. The summed E-state index contributed by atoms with van der Waals surface area (Å²) in [6.45, 7) is 2.44. The Labute approximate surface area is 159 Å². The molecule has 1 aromatic heterocycles. The molecular formula is C18H19F2N5O3. The van der Waals surface area contributed by atoms with Crippen LogP contribution in [-0.2, 0) is 16.1 Å². The molecule has 0 radical (unpaired) electrons. The monoisotopic (exact) mass is 391 g/mol. The van der Waals surface area contributed by atoms with Crippen molar-refractivity contribution in [2.24, 2.45) is 11.7 Å². The molecule has 0 bridgehead atoms. The Bertz CT molecular complexity index is 943. The summed E-state index contributed by atoms with van der Waals surface area (Å²) < 4.78 is 28.2. The predicted molar refractivity (Wildman–Crippen MR) is 96.5 cm³/mol. The highest BCUT2D eigenvalue weighted by Gasteiger charge is 2.36. The Balaban J connectivity index is 1.77. The van der Waals surface area contributed by atoms with E-state index >= 15 is 0 Å². The van der Waals surface area contributed by atoms with Crippen molar-refractivity contribution < 1.29 is 23.2 Å². The van der Waals surface area contributed by atoms with Crippen LogP contribution in [0.2, 0.25) is 0 Å². The van der Waals surface area contributed by atoms with Crippen LogP contribution in [0, 0.1) is 17.6 Å². The molecule has 1 atom stereocenters. The van der Waals surface area contributed by atoms with Gasteiger partial charge < -0.3 is 20.5 Å². The van der Waals surface area contributed by atoms with Crippen LogP contribution in [0.1, 0.15) is 30.3 Å². The number of hydrogen-bond acceptors (Lipinski definition) is 4. The maximum atomic E-state index is 13.5. The lowest BCUT2D eigenvalue weighted by atomic mass is 10.1. The first-order chi connectivity index (χ1) is 13.3. The van der Waals surface area contributed by atoms with Crippen molar-refractivity contribution in [2.75, 3.05) is 16.8 Å². The van der Waals surface area contributed by atoms with Gasteiger partial charge in [0, 0.05) is 31.3 Å². The fourth-order valence-corrected chi connectivity index (χ4v) is 3.11. The molecule has 0 aliphatic carbocycles. The van der Waals surface area contributed by atoms with Gasteiger partial charge in [-0.1, -0.05) is 6.92 Å². The number of benzene rings is 1. The zero-order valence-corrected chi connectivity index (χ0v) is 15.1. The van der Waals surface area contributed by atoms with Crippen molar-refractivity contribution in [3.05, 3.63) is 41.9 Å². The Morgan fingerprint density at radius 2 is 2.07 bits per heavy atom. The van der Waals surface area contributed by atoms with E-state index in [1.54, 1.807) is 4.57 Å². The molecule has 1 fully saturated rings. The van der Waals surface area contributed by atoms with E-state index in [4.69, 9.17) is 5.73 Å². The number of anilines is 2. The number of hydrogen-bond donors (Lipinski definition) is 2. The highest BCUT2D eigenvalue weighted by atomic mass is 19.2. The number of aryl methyl sites for hydroxylation is 1. The van der Waals surface area contributed by atoms with Crippen LogP contribution in [0.25, 0.3) is 0 Å². The van der Waals surface area contributed by atoms with Crippen LogP contribution in [0.5, 0.6) is 0 Å². The maximum absolute atomic E-state index is 13.5. The number of halogens is 2. The topological polar surface area (TPSA) is 110 Å². The normalized spacial score (nSPS) is 16.5. The fraction of sp³-hybridized carbons (Fsp3) is 0.333. The molecule has 1 saturated heterocycles. The van der Waals surface area contributed by atoms with Gasteiger partial charge in [0.05, 0.1) is 12.2 Å². The summed E-state index contributed by atoms with van der Waals surface area (Å²) >= 11 is 0. The number of carbonyl (C=O) groups excluding carboxylic acids is 3. The minimum absolute atomic E-state index is 0.00353. The predicted octanol–water partition coefficient (Wildman–Crippen LogP) is 1.66. The Hall–Kier alpha value is -3.30. The van der Waals surface area contributed by atoms with Crippen LogP contribution in [0.3, 0.4) is 0 Å². The molecule has 1 aromatic carbocycles. The Kier molecular flexibility index (Phi) is 5.39. The van der Waals surface area contributed by atoms with Crippen molar-refractivity contribution in [3.8, 4) is 0 Å². The number of amides is 3. The van der Waals surface area contributed by atoms with E-state index in [9.17, 15) is 23.2 Å². The lowest BCUT2D eigenvalue weighted by Crippen LogP contribution is -2.29. The number of aromatic nitrogens is 2. The summed E-state index contributed by atoms with van der Waals surface area (Å²) in [5.74, 6) is -4.30. The Morgan fingerprint density at radius 3 is 2.71 bits per heavy atom. The smallest absolute Gasteiger partial charge is 0.271 e. The molecule has 3 amide bonds. The van der Waals surface area contributed by atoms with Crippen molar-refractivity contribution in [2.45, 2.75) is 26.3 Å². The second-order valence-corrected chi connectivity index (χ2v) is 6.49. The second-order valence-electron chi connectivity index (χ2n) is 6.49. The third-order valence-corrected chi connectivity index (χ3v) is 4.49. The van der Waals surface area contributed by atoms with Gasteiger partial charge in [-0.25, -0.2) is 13.8 Å². The van der Waals surface area contributed by atoms with E-state index in [-0.39, 0.29) is 36.1 Å². The van der Waals surface area contributed by atoms with E-state index in [0.717, 1.165) is 18.6 Å². The molecule has 1 aliphatic rings. The zero-order valence-electron chi connectivity index (χ0n) is 15.1. The van der Waals surface area contributed by atoms with Crippen molar-refractivity contribution in [1.82, 2.24) is 9.55 Å². The number of carbonyl (C=O) groups is 3. The molecule has 2 aromatic rings. The molecule has 1 aliphatic heterocycles. The van der Waals surface area contributed by atoms with Gasteiger partial charge in [0.25, 0.3) is 5.91 Å². The molecule has 0 saturated carbocycles. The van der Waals surface area contributed by atoms with Crippen LogP contribution < -0.4 is 16.0 Å². The second kappa shape index (κ2) is 7.75. The van der Waals surface area contributed by atoms with Gasteiger partial charge in [-0.15, -0.1) is 0 Å². The fourth-order valence-electron chi connectivity index (χ4n) is 3.11. The van der Waals surface area contributed by atoms with E-state index in [1.165, 1.54) is 17.3 Å². The number of nitrogens with two attached hydrogens (primary N) is 1. The van der Waals surface area contributed by atoms with Gasteiger partial charge in [-0.3, -0.25) is 14.4 Å². The zero-order chi connectivity index (χ0) is 20.4. The van der Waals surface area contributed by atoms with Gasteiger partial charge in [0.2, 0.25) is 11.8 Å². The summed E-state index contributed by atoms with van der Waals surface area (Å²) in [6, 6.07) is 3.11. The summed E-state index contributed by atoms with van der Waals surface area (Å²) in [7, 11) is 0. The third-order valence-electron chi connectivity index (χ3n) is 4.49. The highest BCUT2D eigenvalue weighted by molar-refractivity contribution is 6.05. The number of nitrogens with one attached hydrogen (secondary N) is 1. The minimum Gasteiger partial charge on any atom is -0.364 e. The largest absolute Gasteiger partial charge is 0.364 e. The van der Waals surface area contributed by atoms with Gasteiger partial charge in [0.1, 0.15) is 5.82 Å². The van der Waals surface area contributed by atoms with Crippen LogP contribution in [0.4, 0.5) is 20.3 Å². The number of primary amides is 1. The summed E-state index contributed by atoms with van der Waals surface area (Å²) in [6.07, 6.45) is 2.05. The quantitative estimate of drug-likeness (QED) is 0.780. The van der Waals surface area contributed by atoms with E-state index in [1.807, 2.05) is 6.92 Å². The standard InChI is InChI=1S/C18H19F2N5O3/c1-2-5-24-9-22-15(16(21)27)17(24)23-18(28)10-6-14(26)25(8-10)11-3-4-12(19)13(20)7-11/h3-4,7,9-10H,2,5-6,8H2,1H3,(H2,21,27)(H,23,28). The number of imidazole rings is 1. The Morgan fingerprint density at radius 1 is 1.32 bits per heavy atom. The molecule has 3 rings (SSSR count). The van der Waals surface area contributed by atoms with E-state index < -0.39 is 29.4 Å². The van der Waals surface area contributed by atoms with Gasteiger partial charge in [0.15, 0.2) is 17.3 Å². The minimum atomic E-state index is -1.08. The molecular weight excluding hydrogens is 372 g/mol. The van der Waals surface area contributed by atoms with Crippen molar-refractivity contribution >= 4 is 29.2 Å². The molecule has 2 heterocycles. The average molecular weight is 391 g/mol.